The first-order chi connectivity index (χ1) is 9.89. The lowest BCUT2D eigenvalue weighted by molar-refractivity contribution is -0.136. The molecule has 2 rings (SSSR count). The maximum absolute atomic E-state index is 12.5. The minimum Gasteiger partial charge on any atom is -0.481 e. The third kappa shape index (κ3) is 4.21. The summed E-state index contributed by atoms with van der Waals surface area (Å²) in [6.45, 7) is 3.10. The largest absolute Gasteiger partial charge is 0.481 e. The van der Waals surface area contributed by atoms with Crippen LogP contribution in [0.3, 0.4) is 0 Å². The van der Waals surface area contributed by atoms with Crippen molar-refractivity contribution in [3.05, 3.63) is 29.8 Å². The molecule has 0 aliphatic carbocycles. The van der Waals surface area contributed by atoms with Crippen LogP contribution in [0.25, 0.3) is 0 Å². The Morgan fingerprint density at radius 2 is 2.05 bits per heavy atom. The third-order valence-electron chi connectivity index (χ3n) is 3.39. The van der Waals surface area contributed by atoms with E-state index >= 15 is 0 Å². The SMILES string of the molecule is CC1CN(S(=O)(=O)c2ccc(CCC(=O)O)cc2)CCS1. The standard InChI is InChI=1S/C14H19NO4S2/c1-11-10-15(8-9-20-11)21(18,19)13-5-2-12(3-6-13)4-7-14(16)17/h2-3,5-6,11H,4,7-10H2,1H3,(H,16,17). The van der Waals surface area contributed by atoms with Crippen molar-refractivity contribution < 1.29 is 18.3 Å². The molecule has 1 aliphatic rings. The van der Waals surface area contributed by atoms with Crippen LogP contribution in [0.15, 0.2) is 29.2 Å². The van der Waals surface area contributed by atoms with Crippen LogP contribution in [0, 0.1) is 0 Å². The molecule has 1 N–H and O–H groups in total. The molecule has 0 bridgehead atoms. The lowest BCUT2D eigenvalue weighted by Crippen LogP contribution is -2.40. The Kier molecular flexibility index (Phi) is 5.29. The van der Waals surface area contributed by atoms with Crippen LogP contribution in [-0.2, 0) is 21.2 Å². The minimum atomic E-state index is -3.44. The summed E-state index contributed by atoms with van der Waals surface area (Å²) in [5.74, 6) is -0.0385. The fourth-order valence-corrected chi connectivity index (χ4v) is 4.99. The van der Waals surface area contributed by atoms with Crippen LogP contribution in [0.5, 0.6) is 0 Å². The maximum Gasteiger partial charge on any atom is 0.303 e. The molecule has 1 aromatic carbocycles. The quantitative estimate of drug-likeness (QED) is 0.892. The number of thioether (sulfide) groups is 1. The van der Waals surface area contributed by atoms with Gasteiger partial charge in [0.05, 0.1) is 4.90 Å². The first kappa shape index (κ1) is 16.3. The zero-order valence-electron chi connectivity index (χ0n) is 11.9. The molecule has 1 fully saturated rings. The Hall–Kier alpha value is -1.05. The van der Waals surface area contributed by atoms with Crippen molar-refractivity contribution in [1.82, 2.24) is 4.31 Å². The predicted octanol–water partition coefficient (Wildman–Crippen LogP) is 1.83. The lowest BCUT2D eigenvalue weighted by atomic mass is 10.1. The summed E-state index contributed by atoms with van der Waals surface area (Å²) in [6, 6.07) is 6.52. The van der Waals surface area contributed by atoms with Crippen molar-refractivity contribution >= 4 is 27.8 Å². The van der Waals surface area contributed by atoms with Gasteiger partial charge in [-0.2, -0.15) is 16.1 Å². The Morgan fingerprint density at radius 3 is 2.62 bits per heavy atom. The van der Waals surface area contributed by atoms with Crippen molar-refractivity contribution in [3.8, 4) is 0 Å². The van der Waals surface area contributed by atoms with E-state index in [-0.39, 0.29) is 11.3 Å². The van der Waals surface area contributed by atoms with Crippen molar-refractivity contribution in [1.29, 1.82) is 0 Å². The van der Waals surface area contributed by atoms with Gasteiger partial charge in [0.15, 0.2) is 0 Å². The summed E-state index contributed by atoms with van der Waals surface area (Å²) in [4.78, 5) is 10.8. The number of carboxylic acid groups (broad SMARTS) is 1. The van der Waals surface area contributed by atoms with E-state index in [0.717, 1.165) is 11.3 Å². The predicted molar refractivity (Wildman–Crippen MR) is 83.1 cm³/mol. The normalized spacial score (nSPS) is 20.3. The second-order valence-electron chi connectivity index (χ2n) is 5.08. The summed E-state index contributed by atoms with van der Waals surface area (Å²) in [5, 5.41) is 8.96. The zero-order valence-corrected chi connectivity index (χ0v) is 13.5. The van der Waals surface area contributed by atoms with Gasteiger partial charge in [-0.25, -0.2) is 8.42 Å². The summed E-state index contributed by atoms with van der Waals surface area (Å²) >= 11 is 1.78. The Bertz CT molecular complexity index is 598. The number of carbonyl (C=O) groups is 1. The molecular weight excluding hydrogens is 310 g/mol. The van der Waals surface area contributed by atoms with Crippen LogP contribution in [-0.4, -0.2) is 47.9 Å². The van der Waals surface area contributed by atoms with Crippen LogP contribution >= 0.6 is 11.8 Å². The summed E-state index contributed by atoms with van der Waals surface area (Å²) in [5.41, 5.74) is 0.832. The second-order valence-corrected chi connectivity index (χ2v) is 8.57. The average molecular weight is 329 g/mol. The van der Waals surface area contributed by atoms with E-state index in [4.69, 9.17) is 5.11 Å². The molecule has 0 radical (unpaired) electrons. The van der Waals surface area contributed by atoms with Crippen LogP contribution in [0.2, 0.25) is 0 Å². The number of aryl methyl sites for hydroxylation is 1. The van der Waals surface area contributed by atoms with E-state index in [9.17, 15) is 13.2 Å². The van der Waals surface area contributed by atoms with E-state index in [0.29, 0.717) is 24.8 Å². The molecule has 1 aliphatic heterocycles. The molecule has 21 heavy (non-hydrogen) atoms. The molecule has 0 aromatic heterocycles. The molecule has 0 spiro atoms. The highest BCUT2D eigenvalue weighted by molar-refractivity contribution is 8.00. The fraction of sp³-hybridized carbons (Fsp3) is 0.500. The molecule has 1 saturated heterocycles. The number of aliphatic carboxylic acids is 1. The Labute approximate surface area is 129 Å². The Balaban J connectivity index is 2.11. The van der Waals surface area contributed by atoms with Gasteiger partial charge in [0.2, 0.25) is 10.0 Å². The number of rotatable bonds is 5. The summed E-state index contributed by atoms with van der Waals surface area (Å²) < 4.78 is 26.6. The van der Waals surface area contributed by atoms with Gasteiger partial charge in [0.25, 0.3) is 0 Å². The molecule has 1 atom stereocenters. The van der Waals surface area contributed by atoms with Gasteiger partial charge in [-0.05, 0) is 24.1 Å². The van der Waals surface area contributed by atoms with Gasteiger partial charge < -0.3 is 5.11 Å². The van der Waals surface area contributed by atoms with Crippen LogP contribution in [0.4, 0.5) is 0 Å². The van der Waals surface area contributed by atoms with Gasteiger partial charge in [0, 0.05) is 30.5 Å². The molecule has 1 heterocycles. The van der Waals surface area contributed by atoms with Gasteiger partial charge >= 0.3 is 5.97 Å². The number of hydrogen-bond acceptors (Lipinski definition) is 4. The maximum atomic E-state index is 12.5. The fourth-order valence-electron chi connectivity index (χ4n) is 2.23. The topological polar surface area (TPSA) is 74.7 Å². The molecule has 1 unspecified atom stereocenters. The molecule has 5 nitrogen and oxygen atoms in total. The van der Waals surface area contributed by atoms with E-state index in [1.54, 1.807) is 36.0 Å². The van der Waals surface area contributed by atoms with Gasteiger partial charge in [-0.1, -0.05) is 19.1 Å². The van der Waals surface area contributed by atoms with Crippen LogP contribution < -0.4 is 0 Å². The third-order valence-corrected chi connectivity index (χ3v) is 6.41. The summed E-state index contributed by atoms with van der Waals surface area (Å²) in [7, 11) is -3.44. The van der Waals surface area contributed by atoms with E-state index < -0.39 is 16.0 Å². The molecule has 0 saturated carbocycles. The van der Waals surface area contributed by atoms with Crippen molar-refractivity contribution in [2.24, 2.45) is 0 Å². The number of sulfonamides is 1. The number of benzene rings is 1. The average Bonchev–Trinajstić information content (AvgIpc) is 2.45. The van der Waals surface area contributed by atoms with Gasteiger partial charge in [-0.3, -0.25) is 4.79 Å². The monoisotopic (exact) mass is 329 g/mol. The number of carboxylic acids is 1. The number of hydrogen-bond donors (Lipinski definition) is 1. The van der Waals surface area contributed by atoms with Gasteiger partial charge in [-0.15, -0.1) is 0 Å². The lowest BCUT2D eigenvalue weighted by Gasteiger charge is -2.29. The number of nitrogens with zero attached hydrogens (tertiary/aromatic N) is 1. The molecule has 0 amide bonds. The highest BCUT2D eigenvalue weighted by Gasteiger charge is 2.28. The highest BCUT2D eigenvalue weighted by atomic mass is 32.2. The molecule has 1 aromatic rings. The minimum absolute atomic E-state index is 0.0486. The molecule has 116 valence electrons. The second kappa shape index (κ2) is 6.81. The summed E-state index contributed by atoms with van der Waals surface area (Å²) in [6.07, 6.45) is 0.458. The van der Waals surface area contributed by atoms with Crippen LogP contribution in [0.1, 0.15) is 18.9 Å². The van der Waals surface area contributed by atoms with E-state index in [1.807, 2.05) is 6.92 Å². The Morgan fingerprint density at radius 1 is 1.38 bits per heavy atom. The highest BCUT2D eigenvalue weighted by Crippen LogP contribution is 2.24. The van der Waals surface area contributed by atoms with Gasteiger partial charge in [0.1, 0.15) is 0 Å². The zero-order chi connectivity index (χ0) is 15.5. The first-order valence-electron chi connectivity index (χ1n) is 6.82. The smallest absolute Gasteiger partial charge is 0.303 e. The molecule has 7 heteroatoms. The first-order valence-corrected chi connectivity index (χ1v) is 9.31. The van der Waals surface area contributed by atoms with E-state index in [1.165, 1.54) is 4.31 Å². The van der Waals surface area contributed by atoms with Crippen molar-refractivity contribution in [2.75, 3.05) is 18.8 Å². The van der Waals surface area contributed by atoms with Crippen molar-refractivity contribution in [2.45, 2.75) is 29.9 Å². The van der Waals surface area contributed by atoms with E-state index in [2.05, 4.69) is 0 Å². The van der Waals surface area contributed by atoms with Crippen molar-refractivity contribution in [3.63, 3.8) is 0 Å². The molecular formula is C14H19NO4S2.